The number of guanidine groups is 1. The molecule has 2 aromatic rings. The Morgan fingerprint density at radius 2 is 2.13 bits per heavy atom. The first-order valence-electron chi connectivity index (χ1n) is 7.69. The zero-order valence-electron chi connectivity index (χ0n) is 14.4. The van der Waals surface area contributed by atoms with Crippen molar-refractivity contribution in [3.05, 3.63) is 34.2 Å². The number of hydrogen-bond acceptors (Lipinski definition) is 5. The zero-order chi connectivity index (χ0) is 16.8. The smallest absolute Gasteiger partial charge is 0.191 e. The molecule has 2 heterocycles. The van der Waals surface area contributed by atoms with Gasteiger partial charge >= 0.3 is 0 Å². The van der Waals surface area contributed by atoms with Crippen molar-refractivity contribution in [2.45, 2.75) is 33.9 Å². The summed E-state index contributed by atoms with van der Waals surface area (Å²) in [5.74, 6) is 2.63. The van der Waals surface area contributed by atoms with E-state index in [1.54, 1.807) is 11.3 Å². The number of aliphatic imine (C=N–C) groups is 1. The lowest BCUT2D eigenvalue weighted by atomic mass is 10.2. The van der Waals surface area contributed by atoms with E-state index in [1.165, 1.54) is 0 Å². The summed E-state index contributed by atoms with van der Waals surface area (Å²) in [6, 6.07) is 2.03. The van der Waals surface area contributed by atoms with Gasteiger partial charge in [0.15, 0.2) is 11.1 Å². The van der Waals surface area contributed by atoms with Crippen molar-refractivity contribution < 1.29 is 4.42 Å². The topological polar surface area (TPSA) is 65.7 Å². The molecule has 2 aromatic heterocycles. The highest BCUT2D eigenvalue weighted by molar-refractivity contribution is 7.13. The largest absolute Gasteiger partial charge is 0.466 e. The predicted molar refractivity (Wildman–Crippen MR) is 96.3 cm³/mol. The van der Waals surface area contributed by atoms with E-state index in [-0.39, 0.29) is 0 Å². The van der Waals surface area contributed by atoms with Crippen LogP contribution in [-0.4, -0.2) is 31.6 Å². The molecule has 2 rings (SSSR count). The molecule has 0 bridgehead atoms. The highest BCUT2D eigenvalue weighted by Crippen LogP contribution is 2.17. The van der Waals surface area contributed by atoms with Crippen LogP contribution in [0, 0.1) is 13.8 Å². The van der Waals surface area contributed by atoms with Gasteiger partial charge in [-0.1, -0.05) is 0 Å². The molecule has 0 saturated carbocycles. The molecular weight excluding hydrogens is 310 g/mol. The maximum absolute atomic E-state index is 5.54. The third-order valence-electron chi connectivity index (χ3n) is 3.25. The second kappa shape index (κ2) is 8.01. The monoisotopic (exact) mass is 335 g/mol. The summed E-state index contributed by atoms with van der Waals surface area (Å²) >= 11 is 1.64. The SMILES string of the molecule is CCNC(=NCc1cc(C)oc1C)NCc1csc(N(C)C)n1. The molecule has 0 aliphatic rings. The van der Waals surface area contributed by atoms with Crippen LogP contribution in [0.3, 0.4) is 0 Å². The minimum absolute atomic E-state index is 0.596. The van der Waals surface area contributed by atoms with Crippen molar-refractivity contribution in [1.82, 2.24) is 15.6 Å². The number of anilines is 1. The first-order chi connectivity index (χ1) is 11.0. The summed E-state index contributed by atoms with van der Waals surface area (Å²) in [5.41, 5.74) is 2.13. The second-order valence-corrected chi connectivity index (χ2v) is 6.34. The molecule has 0 aromatic carbocycles. The minimum atomic E-state index is 0.596. The molecule has 0 amide bonds. The molecule has 0 atom stereocenters. The van der Waals surface area contributed by atoms with Crippen LogP contribution in [0.5, 0.6) is 0 Å². The highest BCUT2D eigenvalue weighted by atomic mass is 32.1. The van der Waals surface area contributed by atoms with E-state index >= 15 is 0 Å². The summed E-state index contributed by atoms with van der Waals surface area (Å²) in [6.07, 6.45) is 0. The lowest BCUT2D eigenvalue weighted by molar-refractivity contribution is 0.501. The van der Waals surface area contributed by atoms with Crippen LogP contribution in [0.1, 0.15) is 29.7 Å². The molecule has 0 saturated heterocycles. The molecule has 0 aliphatic heterocycles. The predicted octanol–water partition coefficient (Wildman–Crippen LogP) is 2.67. The third kappa shape index (κ3) is 4.99. The lowest BCUT2D eigenvalue weighted by Crippen LogP contribution is -2.36. The fraction of sp³-hybridized carbons (Fsp3) is 0.500. The molecule has 23 heavy (non-hydrogen) atoms. The van der Waals surface area contributed by atoms with E-state index in [2.05, 4.69) is 32.9 Å². The van der Waals surface area contributed by atoms with Gasteiger partial charge in [0.25, 0.3) is 0 Å². The Labute approximate surface area is 141 Å². The fourth-order valence-corrected chi connectivity index (χ4v) is 2.86. The van der Waals surface area contributed by atoms with Gasteiger partial charge in [-0.25, -0.2) is 9.98 Å². The first-order valence-corrected chi connectivity index (χ1v) is 8.57. The summed E-state index contributed by atoms with van der Waals surface area (Å²) in [5, 5.41) is 9.64. The van der Waals surface area contributed by atoms with Crippen molar-refractivity contribution in [1.29, 1.82) is 0 Å². The number of aromatic nitrogens is 1. The van der Waals surface area contributed by atoms with Crippen molar-refractivity contribution in [2.75, 3.05) is 25.5 Å². The number of furan rings is 1. The van der Waals surface area contributed by atoms with Gasteiger partial charge in [0.2, 0.25) is 0 Å². The summed E-state index contributed by atoms with van der Waals surface area (Å²) in [6.45, 7) is 8.04. The first kappa shape index (κ1) is 17.3. The van der Waals surface area contributed by atoms with Crippen LogP contribution >= 0.6 is 11.3 Å². The molecule has 0 spiro atoms. The van der Waals surface area contributed by atoms with Crippen molar-refractivity contribution >= 4 is 22.4 Å². The van der Waals surface area contributed by atoms with Gasteiger partial charge in [-0.05, 0) is 26.8 Å². The Balaban J connectivity index is 1.97. The standard InChI is InChI=1S/C16H25N5OS/c1-6-17-15(18-8-13-7-11(2)22-12(13)3)19-9-14-10-23-16(20-14)21(4)5/h7,10H,6,8-9H2,1-5H3,(H2,17,18,19). The van der Waals surface area contributed by atoms with Crippen LogP contribution in [0.15, 0.2) is 20.9 Å². The highest BCUT2D eigenvalue weighted by Gasteiger charge is 2.06. The Bertz CT molecular complexity index is 659. The minimum Gasteiger partial charge on any atom is -0.466 e. The van der Waals surface area contributed by atoms with E-state index < -0.39 is 0 Å². The van der Waals surface area contributed by atoms with Crippen LogP contribution in [0.2, 0.25) is 0 Å². The second-order valence-electron chi connectivity index (χ2n) is 5.50. The van der Waals surface area contributed by atoms with Gasteiger partial charge in [-0.2, -0.15) is 0 Å². The molecule has 7 heteroatoms. The van der Waals surface area contributed by atoms with Gasteiger partial charge in [0.05, 0.1) is 18.8 Å². The average Bonchev–Trinajstić information content (AvgIpc) is 3.08. The zero-order valence-corrected chi connectivity index (χ0v) is 15.3. The Morgan fingerprint density at radius 1 is 1.35 bits per heavy atom. The number of aryl methyl sites for hydroxylation is 2. The van der Waals surface area contributed by atoms with Crippen LogP contribution in [0.4, 0.5) is 5.13 Å². The quantitative estimate of drug-likeness (QED) is 0.628. The lowest BCUT2D eigenvalue weighted by Gasteiger charge is -2.10. The van der Waals surface area contributed by atoms with E-state index in [9.17, 15) is 0 Å². The number of thiazole rings is 1. The maximum atomic E-state index is 5.54. The Kier molecular flexibility index (Phi) is 6.04. The number of nitrogens with zero attached hydrogens (tertiary/aromatic N) is 3. The summed E-state index contributed by atoms with van der Waals surface area (Å²) in [4.78, 5) is 11.2. The Morgan fingerprint density at radius 3 is 2.70 bits per heavy atom. The van der Waals surface area contributed by atoms with E-state index in [0.717, 1.165) is 40.4 Å². The molecule has 0 unspecified atom stereocenters. The molecule has 2 N–H and O–H groups in total. The van der Waals surface area contributed by atoms with Gasteiger partial charge in [-0.3, -0.25) is 0 Å². The third-order valence-corrected chi connectivity index (χ3v) is 4.31. The molecule has 0 aliphatic carbocycles. The summed E-state index contributed by atoms with van der Waals surface area (Å²) < 4.78 is 5.54. The van der Waals surface area contributed by atoms with E-state index in [4.69, 9.17) is 4.42 Å². The van der Waals surface area contributed by atoms with E-state index in [0.29, 0.717) is 13.1 Å². The Hall–Kier alpha value is -2.02. The fourth-order valence-electron chi connectivity index (χ4n) is 2.10. The number of nitrogens with one attached hydrogen (secondary N) is 2. The molecule has 0 fully saturated rings. The molecular formula is C16H25N5OS. The van der Waals surface area contributed by atoms with Gasteiger partial charge in [0.1, 0.15) is 11.5 Å². The molecule has 126 valence electrons. The molecule has 0 radical (unpaired) electrons. The van der Waals surface area contributed by atoms with Crippen LogP contribution < -0.4 is 15.5 Å². The molecule has 6 nitrogen and oxygen atoms in total. The number of hydrogen-bond donors (Lipinski definition) is 2. The van der Waals surface area contributed by atoms with Gasteiger partial charge < -0.3 is 20.0 Å². The maximum Gasteiger partial charge on any atom is 0.191 e. The van der Waals surface area contributed by atoms with Gasteiger partial charge in [-0.15, -0.1) is 11.3 Å². The van der Waals surface area contributed by atoms with Gasteiger partial charge in [0, 0.05) is 31.6 Å². The van der Waals surface area contributed by atoms with Crippen LogP contribution in [0.25, 0.3) is 0 Å². The van der Waals surface area contributed by atoms with Crippen molar-refractivity contribution in [2.24, 2.45) is 4.99 Å². The average molecular weight is 335 g/mol. The normalized spacial score (nSPS) is 11.6. The van der Waals surface area contributed by atoms with Crippen LogP contribution in [-0.2, 0) is 13.1 Å². The number of rotatable bonds is 6. The van der Waals surface area contributed by atoms with Crippen molar-refractivity contribution in [3.63, 3.8) is 0 Å². The van der Waals surface area contributed by atoms with Crippen molar-refractivity contribution in [3.8, 4) is 0 Å². The summed E-state index contributed by atoms with van der Waals surface area (Å²) in [7, 11) is 3.99. The van der Waals surface area contributed by atoms with E-state index in [1.807, 2.05) is 38.9 Å².